The third kappa shape index (κ3) is 4.78. The Balaban J connectivity index is 1.23. The molecule has 0 spiro atoms. The molecule has 1 N–H and O–H groups in total. The molecule has 3 aliphatic rings. The van der Waals surface area contributed by atoms with Crippen molar-refractivity contribution in [2.45, 2.75) is 70.6 Å². The summed E-state index contributed by atoms with van der Waals surface area (Å²) in [4.78, 5) is 0. The highest BCUT2D eigenvalue weighted by atomic mass is 32.2. The Labute approximate surface area is 226 Å². The number of nitrogens with zero attached hydrogens (tertiary/aromatic N) is 1. The SMILES string of the molecule is C[C@]12CC[C@@H]3c4ccc(O)cc4CC[C@H]3[C@@H]1CC[C@@H]2OS(=O)(=O)N(Cc1ccccc1)Cc1ccccc1. The molecule has 0 aliphatic heterocycles. The molecule has 200 valence electrons. The fourth-order valence-electron chi connectivity index (χ4n) is 7.67. The van der Waals surface area contributed by atoms with Gasteiger partial charge in [0, 0.05) is 13.1 Å². The molecule has 38 heavy (non-hydrogen) atoms. The van der Waals surface area contributed by atoms with Gasteiger partial charge in [-0.1, -0.05) is 73.7 Å². The highest BCUT2D eigenvalue weighted by molar-refractivity contribution is 7.84. The van der Waals surface area contributed by atoms with Crippen LogP contribution in [-0.2, 0) is 34.0 Å². The lowest BCUT2D eigenvalue weighted by molar-refractivity contribution is -0.0114. The highest BCUT2D eigenvalue weighted by Gasteiger charge is 2.56. The molecule has 0 amide bonds. The summed E-state index contributed by atoms with van der Waals surface area (Å²) in [5.41, 5.74) is 4.39. The van der Waals surface area contributed by atoms with Crippen LogP contribution in [0.5, 0.6) is 5.75 Å². The second-order valence-electron chi connectivity index (χ2n) is 11.7. The molecular formula is C32H37NO4S. The number of hydrogen-bond donors (Lipinski definition) is 1. The largest absolute Gasteiger partial charge is 0.508 e. The molecule has 0 unspecified atom stereocenters. The molecule has 0 radical (unpaired) electrons. The first-order valence-corrected chi connectivity index (χ1v) is 15.3. The summed E-state index contributed by atoms with van der Waals surface area (Å²) in [7, 11) is -3.97. The predicted octanol–water partition coefficient (Wildman–Crippen LogP) is 6.58. The van der Waals surface area contributed by atoms with Crippen LogP contribution in [0.1, 0.15) is 67.2 Å². The van der Waals surface area contributed by atoms with Gasteiger partial charge < -0.3 is 5.11 Å². The van der Waals surface area contributed by atoms with E-state index >= 15 is 0 Å². The van der Waals surface area contributed by atoms with Crippen LogP contribution in [0.25, 0.3) is 0 Å². The molecule has 5 atom stereocenters. The number of fused-ring (bicyclic) bond motifs is 5. The molecule has 0 heterocycles. The molecule has 0 saturated heterocycles. The summed E-state index contributed by atoms with van der Waals surface area (Å²) in [6, 6.07) is 25.3. The van der Waals surface area contributed by atoms with Gasteiger partial charge in [-0.05, 0) is 96.1 Å². The Morgan fingerprint density at radius 3 is 2.21 bits per heavy atom. The average molecular weight is 532 g/mol. The van der Waals surface area contributed by atoms with Crippen LogP contribution in [0.3, 0.4) is 0 Å². The van der Waals surface area contributed by atoms with Gasteiger partial charge >= 0.3 is 10.3 Å². The van der Waals surface area contributed by atoms with Crippen molar-refractivity contribution in [3.05, 3.63) is 101 Å². The van der Waals surface area contributed by atoms with Crippen molar-refractivity contribution in [1.82, 2.24) is 4.31 Å². The molecule has 0 aromatic heterocycles. The zero-order valence-corrected chi connectivity index (χ0v) is 22.8. The van der Waals surface area contributed by atoms with Gasteiger partial charge in [-0.15, -0.1) is 0 Å². The monoisotopic (exact) mass is 531 g/mol. The van der Waals surface area contributed by atoms with Crippen molar-refractivity contribution in [2.75, 3.05) is 0 Å². The van der Waals surface area contributed by atoms with E-state index in [2.05, 4.69) is 13.0 Å². The lowest BCUT2D eigenvalue weighted by Crippen LogP contribution is -2.46. The summed E-state index contributed by atoms with van der Waals surface area (Å²) in [5.74, 6) is 1.81. The van der Waals surface area contributed by atoms with Crippen molar-refractivity contribution in [1.29, 1.82) is 0 Å². The maximum absolute atomic E-state index is 13.9. The van der Waals surface area contributed by atoms with Crippen molar-refractivity contribution in [2.24, 2.45) is 17.3 Å². The number of aromatic hydroxyl groups is 1. The topological polar surface area (TPSA) is 66.8 Å². The summed E-state index contributed by atoms with van der Waals surface area (Å²) < 4.78 is 35.4. The minimum absolute atomic E-state index is 0.159. The number of aryl methyl sites for hydroxylation is 1. The fraction of sp³-hybridized carbons (Fsp3) is 0.438. The van der Waals surface area contributed by atoms with E-state index in [-0.39, 0.29) is 24.6 Å². The first-order valence-electron chi connectivity index (χ1n) is 13.9. The molecule has 3 aromatic carbocycles. The third-order valence-electron chi connectivity index (χ3n) is 9.58. The minimum atomic E-state index is -3.97. The average Bonchev–Trinajstić information content (AvgIpc) is 3.24. The molecule has 3 aliphatic carbocycles. The molecule has 6 heteroatoms. The minimum Gasteiger partial charge on any atom is -0.508 e. The Morgan fingerprint density at radius 1 is 0.895 bits per heavy atom. The van der Waals surface area contributed by atoms with Crippen molar-refractivity contribution in [3.63, 3.8) is 0 Å². The predicted molar refractivity (Wildman–Crippen MR) is 149 cm³/mol. The number of benzene rings is 3. The lowest BCUT2D eigenvalue weighted by Gasteiger charge is -2.50. The van der Waals surface area contributed by atoms with E-state index in [9.17, 15) is 13.5 Å². The van der Waals surface area contributed by atoms with E-state index in [4.69, 9.17) is 4.18 Å². The summed E-state index contributed by atoms with van der Waals surface area (Å²) in [5, 5.41) is 9.97. The van der Waals surface area contributed by atoms with Gasteiger partial charge in [-0.2, -0.15) is 12.7 Å². The van der Waals surface area contributed by atoms with Gasteiger partial charge in [0.15, 0.2) is 0 Å². The van der Waals surface area contributed by atoms with E-state index < -0.39 is 10.3 Å². The highest BCUT2D eigenvalue weighted by Crippen LogP contribution is 2.61. The van der Waals surface area contributed by atoms with Crippen LogP contribution in [0, 0.1) is 17.3 Å². The van der Waals surface area contributed by atoms with Gasteiger partial charge in [0.25, 0.3) is 0 Å². The van der Waals surface area contributed by atoms with Gasteiger partial charge in [0.05, 0.1) is 6.10 Å². The van der Waals surface area contributed by atoms with Crippen LogP contribution in [0.2, 0.25) is 0 Å². The van der Waals surface area contributed by atoms with E-state index in [1.54, 1.807) is 0 Å². The Hall–Kier alpha value is -2.67. The normalized spacial score (nSPS) is 28.5. The first-order chi connectivity index (χ1) is 18.3. The van der Waals surface area contributed by atoms with Gasteiger partial charge in [0.1, 0.15) is 5.75 Å². The Morgan fingerprint density at radius 2 is 1.55 bits per heavy atom. The van der Waals surface area contributed by atoms with Crippen molar-refractivity contribution in [3.8, 4) is 5.75 Å². The molecule has 0 bridgehead atoms. The summed E-state index contributed by atoms with van der Waals surface area (Å²) in [6.45, 7) is 2.82. The summed E-state index contributed by atoms with van der Waals surface area (Å²) in [6.07, 6.45) is 5.52. The van der Waals surface area contributed by atoms with Gasteiger partial charge in [0.2, 0.25) is 0 Å². The van der Waals surface area contributed by atoms with Gasteiger partial charge in [-0.3, -0.25) is 4.18 Å². The quantitative estimate of drug-likeness (QED) is 0.374. The maximum Gasteiger partial charge on any atom is 0.339 e. The zero-order valence-electron chi connectivity index (χ0n) is 22.0. The molecule has 6 rings (SSSR count). The summed E-state index contributed by atoms with van der Waals surface area (Å²) >= 11 is 0. The van der Waals surface area contributed by atoms with E-state index in [0.29, 0.717) is 23.5 Å². The Bertz CT molecular complexity index is 1340. The molecule has 3 aromatic rings. The van der Waals surface area contributed by atoms with E-state index in [1.165, 1.54) is 15.4 Å². The lowest BCUT2D eigenvalue weighted by atomic mass is 9.55. The van der Waals surface area contributed by atoms with Crippen LogP contribution >= 0.6 is 0 Å². The number of phenols is 1. The molecule has 5 nitrogen and oxygen atoms in total. The van der Waals surface area contributed by atoms with E-state index in [1.807, 2.05) is 72.8 Å². The number of phenolic OH excluding ortho intramolecular Hbond substituents is 1. The second kappa shape index (κ2) is 10.1. The number of rotatable bonds is 7. The van der Waals surface area contributed by atoms with Crippen LogP contribution in [-0.4, -0.2) is 23.9 Å². The standard InChI is InChI=1S/C32H37NO4S/c1-32-19-18-28-27-15-13-26(34)20-25(27)12-14-29(28)30(32)16-17-31(32)37-38(35,36)33(21-23-8-4-2-5-9-23)22-24-10-6-3-7-11-24/h2-11,13,15,20,28-31,34H,12,14,16-19,21-22H2,1H3/t28-,29-,30+,31+,32+/m1/s1. The van der Waals surface area contributed by atoms with Crippen LogP contribution < -0.4 is 0 Å². The third-order valence-corrected chi connectivity index (χ3v) is 10.9. The second-order valence-corrected chi connectivity index (χ2v) is 13.3. The van der Waals surface area contributed by atoms with Crippen molar-refractivity contribution >= 4 is 10.3 Å². The van der Waals surface area contributed by atoms with Gasteiger partial charge in [-0.25, -0.2) is 0 Å². The molecular weight excluding hydrogens is 494 g/mol. The van der Waals surface area contributed by atoms with Crippen LogP contribution in [0.15, 0.2) is 78.9 Å². The zero-order chi connectivity index (χ0) is 26.3. The van der Waals surface area contributed by atoms with Crippen LogP contribution in [0.4, 0.5) is 0 Å². The smallest absolute Gasteiger partial charge is 0.339 e. The molecule has 2 fully saturated rings. The van der Waals surface area contributed by atoms with Crippen molar-refractivity contribution < 1.29 is 17.7 Å². The fourth-order valence-corrected chi connectivity index (χ4v) is 9.02. The van der Waals surface area contributed by atoms with E-state index in [0.717, 1.165) is 49.7 Å². The molecule has 2 saturated carbocycles. The Kier molecular flexibility index (Phi) is 6.83. The first kappa shape index (κ1) is 25.6. The maximum atomic E-state index is 13.9. The number of hydrogen-bond acceptors (Lipinski definition) is 4.